The molecule has 0 bridgehead atoms. The lowest BCUT2D eigenvalue weighted by molar-refractivity contribution is -0.135. The van der Waals surface area contributed by atoms with Crippen molar-refractivity contribution in [2.45, 2.75) is 10.4 Å². The molecule has 10 heteroatoms. The molecule has 0 spiro atoms. The van der Waals surface area contributed by atoms with Gasteiger partial charge in [-0.15, -0.1) is 22.9 Å². The van der Waals surface area contributed by atoms with Crippen molar-refractivity contribution in [2.75, 3.05) is 19.0 Å². The van der Waals surface area contributed by atoms with Crippen LogP contribution in [0.2, 0.25) is 0 Å². The van der Waals surface area contributed by atoms with Gasteiger partial charge in [0.25, 0.3) is 10.0 Å². The van der Waals surface area contributed by atoms with Gasteiger partial charge in [-0.1, -0.05) is 0 Å². The first-order valence-corrected chi connectivity index (χ1v) is 8.19. The summed E-state index contributed by atoms with van der Waals surface area (Å²) < 4.78 is 61.5. The molecule has 0 N–H and O–H groups in total. The SMILES string of the molecule is O=S(=O)(c1sccc1Br)N(CCCl)CC(F)(F)F. The van der Waals surface area contributed by atoms with E-state index in [1.165, 1.54) is 11.4 Å². The number of hydrogen-bond acceptors (Lipinski definition) is 3. The van der Waals surface area contributed by atoms with Crippen molar-refractivity contribution < 1.29 is 21.6 Å². The fourth-order valence-electron chi connectivity index (χ4n) is 1.16. The first-order valence-electron chi connectivity index (χ1n) is 4.54. The molecule has 1 aromatic rings. The van der Waals surface area contributed by atoms with Crippen molar-refractivity contribution in [1.82, 2.24) is 4.31 Å². The molecule has 18 heavy (non-hydrogen) atoms. The molecule has 0 fully saturated rings. The summed E-state index contributed by atoms with van der Waals surface area (Å²) in [5, 5.41) is 1.48. The summed E-state index contributed by atoms with van der Waals surface area (Å²) in [6.07, 6.45) is -4.61. The Morgan fingerprint density at radius 1 is 1.44 bits per heavy atom. The van der Waals surface area contributed by atoms with E-state index in [-0.39, 0.29) is 14.6 Å². The highest BCUT2D eigenvalue weighted by Gasteiger charge is 2.37. The van der Waals surface area contributed by atoms with Crippen LogP contribution in [0.15, 0.2) is 20.1 Å². The van der Waals surface area contributed by atoms with E-state index in [0.717, 1.165) is 11.3 Å². The predicted octanol–water partition coefficient (Wildman–Crippen LogP) is 3.30. The van der Waals surface area contributed by atoms with Crippen LogP contribution in [0.3, 0.4) is 0 Å². The Hall–Kier alpha value is 0.170. The number of rotatable bonds is 5. The molecule has 104 valence electrons. The zero-order valence-electron chi connectivity index (χ0n) is 8.75. The molecule has 0 unspecified atom stereocenters. The molecule has 0 aliphatic heterocycles. The van der Waals surface area contributed by atoms with Gasteiger partial charge in [-0.05, 0) is 27.4 Å². The highest BCUT2D eigenvalue weighted by Crippen LogP contribution is 2.31. The summed E-state index contributed by atoms with van der Waals surface area (Å²) in [6.45, 7) is -1.94. The van der Waals surface area contributed by atoms with Gasteiger partial charge in [0.15, 0.2) is 0 Å². The second-order valence-electron chi connectivity index (χ2n) is 3.20. The summed E-state index contributed by atoms with van der Waals surface area (Å²) in [5.74, 6) is -0.210. The normalized spacial score (nSPS) is 13.2. The van der Waals surface area contributed by atoms with E-state index in [0.29, 0.717) is 4.31 Å². The van der Waals surface area contributed by atoms with Gasteiger partial charge in [0.05, 0.1) is 0 Å². The van der Waals surface area contributed by atoms with Crippen LogP contribution in [-0.2, 0) is 10.0 Å². The van der Waals surface area contributed by atoms with Crippen LogP contribution in [0, 0.1) is 0 Å². The summed E-state index contributed by atoms with van der Waals surface area (Å²) >= 11 is 9.19. The van der Waals surface area contributed by atoms with Gasteiger partial charge in [-0.3, -0.25) is 0 Å². The predicted molar refractivity (Wildman–Crippen MR) is 67.6 cm³/mol. The van der Waals surface area contributed by atoms with Crippen LogP contribution < -0.4 is 0 Å². The average Bonchev–Trinajstić information content (AvgIpc) is 2.62. The maximum absolute atomic E-state index is 12.3. The summed E-state index contributed by atoms with van der Waals surface area (Å²) in [6, 6.07) is 1.46. The lowest BCUT2D eigenvalue weighted by atomic mass is 10.6. The number of nitrogens with zero attached hydrogens (tertiary/aromatic N) is 1. The monoisotopic (exact) mass is 385 g/mol. The molecule has 0 saturated heterocycles. The minimum Gasteiger partial charge on any atom is -0.206 e. The molecule has 0 aliphatic rings. The maximum Gasteiger partial charge on any atom is 0.402 e. The Labute approximate surface area is 120 Å². The van der Waals surface area contributed by atoms with E-state index in [9.17, 15) is 21.6 Å². The van der Waals surface area contributed by atoms with Crippen molar-refractivity contribution >= 4 is 48.9 Å². The van der Waals surface area contributed by atoms with Crippen molar-refractivity contribution in [3.05, 3.63) is 15.9 Å². The highest BCUT2D eigenvalue weighted by atomic mass is 79.9. The van der Waals surface area contributed by atoms with Crippen molar-refractivity contribution in [3.63, 3.8) is 0 Å². The number of halogens is 5. The average molecular weight is 387 g/mol. The van der Waals surface area contributed by atoms with Gasteiger partial charge >= 0.3 is 6.18 Å². The molecule has 0 aromatic carbocycles. The molecule has 3 nitrogen and oxygen atoms in total. The van der Waals surface area contributed by atoms with Crippen molar-refractivity contribution in [1.29, 1.82) is 0 Å². The van der Waals surface area contributed by atoms with Gasteiger partial charge in [0.1, 0.15) is 10.8 Å². The van der Waals surface area contributed by atoms with Gasteiger partial charge < -0.3 is 0 Å². The Balaban J connectivity index is 3.09. The molecular weight excluding hydrogens is 379 g/mol. The van der Waals surface area contributed by atoms with E-state index < -0.39 is 29.3 Å². The third-order valence-corrected chi connectivity index (χ3v) is 6.51. The van der Waals surface area contributed by atoms with E-state index >= 15 is 0 Å². The van der Waals surface area contributed by atoms with E-state index in [1.807, 2.05) is 0 Å². The quantitative estimate of drug-likeness (QED) is 0.728. The Bertz CT molecular complexity index is 503. The third-order valence-electron chi connectivity index (χ3n) is 1.85. The topological polar surface area (TPSA) is 37.4 Å². The van der Waals surface area contributed by atoms with E-state index in [1.54, 1.807) is 0 Å². The van der Waals surface area contributed by atoms with Crippen LogP contribution in [0.1, 0.15) is 0 Å². The standard InChI is InChI=1S/C8H8BrClF3NO2S2/c9-6-1-4-17-7(6)18(15,16)14(3-2-10)5-8(11,12)13/h1,4H,2-3,5H2. The minimum absolute atomic E-state index is 0.156. The number of alkyl halides is 4. The van der Waals surface area contributed by atoms with E-state index in [4.69, 9.17) is 11.6 Å². The zero-order chi connectivity index (χ0) is 14.0. The molecule has 1 aromatic heterocycles. The molecule has 0 aliphatic carbocycles. The van der Waals surface area contributed by atoms with Crippen LogP contribution in [0.5, 0.6) is 0 Å². The van der Waals surface area contributed by atoms with Crippen LogP contribution in [-0.4, -0.2) is 37.9 Å². The Morgan fingerprint density at radius 3 is 2.44 bits per heavy atom. The number of sulfonamides is 1. The second kappa shape index (κ2) is 6.08. The van der Waals surface area contributed by atoms with Gasteiger partial charge in [0, 0.05) is 16.9 Å². The largest absolute Gasteiger partial charge is 0.402 e. The lowest BCUT2D eigenvalue weighted by Crippen LogP contribution is -2.39. The van der Waals surface area contributed by atoms with Crippen molar-refractivity contribution in [3.8, 4) is 0 Å². The van der Waals surface area contributed by atoms with Crippen LogP contribution >= 0.6 is 38.9 Å². The summed E-state index contributed by atoms with van der Waals surface area (Å²) in [5.41, 5.74) is 0. The lowest BCUT2D eigenvalue weighted by Gasteiger charge is -2.21. The molecule has 0 amide bonds. The molecular formula is C8H8BrClF3NO2S2. The molecule has 1 rings (SSSR count). The summed E-state index contributed by atoms with van der Waals surface area (Å²) in [7, 11) is -4.18. The van der Waals surface area contributed by atoms with Gasteiger partial charge in [-0.2, -0.15) is 17.5 Å². The minimum atomic E-state index is -4.61. The Morgan fingerprint density at radius 2 is 2.06 bits per heavy atom. The summed E-state index contributed by atoms with van der Waals surface area (Å²) in [4.78, 5) is 0. The van der Waals surface area contributed by atoms with Crippen LogP contribution in [0.25, 0.3) is 0 Å². The molecule has 1 heterocycles. The first kappa shape index (κ1) is 16.2. The van der Waals surface area contributed by atoms with Crippen LogP contribution in [0.4, 0.5) is 13.2 Å². The fourth-order valence-corrected chi connectivity index (χ4v) is 5.34. The van der Waals surface area contributed by atoms with Gasteiger partial charge in [-0.25, -0.2) is 8.42 Å². The third kappa shape index (κ3) is 4.09. The second-order valence-corrected chi connectivity index (χ2v) is 7.48. The number of thiophene rings is 1. The molecule has 0 atom stereocenters. The molecule has 0 saturated carbocycles. The number of hydrogen-bond donors (Lipinski definition) is 0. The first-order chi connectivity index (χ1) is 8.18. The fraction of sp³-hybridized carbons (Fsp3) is 0.500. The highest BCUT2D eigenvalue weighted by molar-refractivity contribution is 9.10. The van der Waals surface area contributed by atoms with E-state index in [2.05, 4.69) is 15.9 Å². The molecule has 0 radical (unpaired) electrons. The smallest absolute Gasteiger partial charge is 0.206 e. The maximum atomic E-state index is 12.3. The van der Waals surface area contributed by atoms with Gasteiger partial charge in [0.2, 0.25) is 0 Å². The zero-order valence-corrected chi connectivity index (χ0v) is 12.7. The Kier molecular flexibility index (Phi) is 5.48. The van der Waals surface area contributed by atoms with Crippen molar-refractivity contribution in [2.24, 2.45) is 0 Å².